The third-order valence-electron chi connectivity index (χ3n) is 7.90. The highest BCUT2D eigenvalue weighted by Crippen LogP contribution is 2.40. The second kappa shape index (κ2) is 9.42. The average Bonchev–Trinajstić information content (AvgIpc) is 3.55. The Bertz CT molecular complexity index is 2150. The fraction of sp³-hybridized carbons (Fsp3) is 0.0833. The second-order valence-corrected chi connectivity index (χ2v) is 10.4. The summed E-state index contributed by atoms with van der Waals surface area (Å²) in [5.41, 5.74) is 6.58. The van der Waals surface area contributed by atoms with Gasteiger partial charge in [-0.15, -0.1) is 0 Å². The van der Waals surface area contributed by atoms with Crippen LogP contribution in [-0.2, 0) is 6.54 Å². The number of hydrogen-bond donors (Lipinski definition) is 0. The first kappa shape index (κ1) is 23.6. The van der Waals surface area contributed by atoms with Crippen LogP contribution in [0.25, 0.3) is 72.3 Å². The summed E-state index contributed by atoms with van der Waals surface area (Å²) < 4.78 is 4.72. The molecule has 196 valence electrons. The molecule has 0 atom stereocenters. The summed E-state index contributed by atoms with van der Waals surface area (Å²) in [7, 11) is 0. The molecule has 41 heavy (non-hydrogen) atoms. The molecule has 0 radical (unpaired) electrons. The van der Waals surface area contributed by atoms with Gasteiger partial charge in [-0.1, -0.05) is 116 Å². The highest BCUT2D eigenvalue weighted by Gasteiger charge is 2.22. The van der Waals surface area contributed by atoms with E-state index in [1.807, 2.05) is 36.4 Å². The lowest BCUT2D eigenvalue weighted by Gasteiger charge is -2.12. The Kier molecular flexibility index (Phi) is 5.42. The van der Waals surface area contributed by atoms with Gasteiger partial charge in [0.2, 0.25) is 5.95 Å². The third-order valence-corrected chi connectivity index (χ3v) is 7.90. The first-order chi connectivity index (χ1) is 20.3. The first-order valence-electron chi connectivity index (χ1n) is 14.1. The van der Waals surface area contributed by atoms with E-state index >= 15 is 0 Å². The van der Waals surface area contributed by atoms with Crippen molar-refractivity contribution in [3.05, 3.63) is 121 Å². The van der Waals surface area contributed by atoms with Gasteiger partial charge in [0.05, 0.1) is 16.6 Å². The number of aryl methyl sites for hydroxylation is 1. The van der Waals surface area contributed by atoms with Gasteiger partial charge in [-0.25, -0.2) is 4.98 Å². The molecule has 3 heterocycles. The highest BCUT2D eigenvalue weighted by atomic mass is 15.2. The van der Waals surface area contributed by atoms with Gasteiger partial charge in [0.1, 0.15) is 0 Å². The van der Waals surface area contributed by atoms with Crippen molar-refractivity contribution >= 4 is 43.6 Å². The molecule has 0 saturated carbocycles. The van der Waals surface area contributed by atoms with Gasteiger partial charge < -0.3 is 4.57 Å². The molecular weight excluding hydrogens is 502 g/mol. The second-order valence-electron chi connectivity index (χ2n) is 10.4. The topological polar surface area (TPSA) is 48.5 Å². The van der Waals surface area contributed by atoms with Crippen molar-refractivity contribution in [1.29, 1.82) is 0 Å². The zero-order valence-electron chi connectivity index (χ0n) is 22.7. The van der Waals surface area contributed by atoms with Crippen molar-refractivity contribution in [3.63, 3.8) is 0 Å². The van der Waals surface area contributed by atoms with E-state index < -0.39 is 0 Å². The van der Waals surface area contributed by atoms with Crippen LogP contribution in [0.4, 0.5) is 0 Å². The summed E-state index contributed by atoms with van der Waals surface area (Å²) in [5, 5.41) is 4.88. The number of hydrogen-bond acceptors (Lipinski definition) is 3. The van der Waals surface area contributed by atoms with E-state index in [-0.39, 0.29) is 0 Å². The number of aromatic nitrogens is 5. The molecule has 0 unspecified atom stereocenters. The summed E-state index contributed by atoms with van der Waals surface area (Å²) in [6, 6.07) is 42.1. The summed E-state index contributed by atoms with van der Waals surface area (Å²) in [6.07, 6.45) is 1.03. The molecule has 0 N–H and O–H groups in total. The third kappa shape index (κ3) is 3.66. The van der Waals surface area contributed by atoms with Gasteiger partial charge in [0.15, 0.2) is 11.6 Å². The van der Waals surface area contributed by atoms with Gasteiger partial charge >= 0.3 is 0 Å². The van der Waals surface area contributed by atoms with Crippen molar-refractivity contribution < 1.29 is 0 Å². The van der Waals surface area contributed by atoms with Crippen LogP contribution in [0.5, 0.6) is 0 Å². The van der Waals surface area contributed by atoms with Crippen LogP contribution in [0.15, 0.2) is 121 Å². The van der Waals surface area contributed by atoms with E-state index in [2.05, 4.69) is 101 Å². The largest absolute Gasteiger partial charge is 0.339 e. The minimum atomic E-state index is 0.615. The number of para-hydroxylation sites is 2. The summed E-state index contributed by atoms with van der Waals surface area (Å²) >= 11 is 0. The summed E-state index contributed by atoms with van der Waals surface area (Å²) in [4.78, 5) is 15.2. The van der Waals surface area contributed by atoms with Crippen LogP contribution in [0.2, 0.25) is 0 Å². The Labute approximate surface area is 237 Å². The minimum absolute atomic E-state index is 0.615. The molecule has 0 aliphatic carbocycles. The van der Waals surface area contributed by atoms with E-state index in [1.165, 1.54) is 32.6 Å². The van der Waals surface area contributed by atoms with Gasteiger partial charge in [-0.2, -0.15) is 9.97 Å². The Hall–Kier alpha value is -5.29. The van der Waals surface area contributed by atoms with Gasteiger partial charge in [-0.05, 0) is 18.6 Å². The molecule has 0 saturated heterocycles. The summed E-state index contributed by atoms with van der Waals surface area (Å²) in [5.74, 6) is 1.92. The molecule has 5 heteroatoms. The zero-order chi connectivity index (χ0) is 27.3. The van der Waals surface area contributed by atoms with Gasteiger partial charge in [-0.3, -0.25) is 4.57 Å². The van der Waals surface area contributed by atoms with Crippen molar-refractivity contribution in [2.24, 2.45) is 0 Å². The highest BCUT2D eigenvalue weighted by molar-refractivity contribution is 6.23. The van der Waals surface area contributed by atoms with E-state index in [1.54, 1.807) is 0 Å². The lowest BCUT2D eigenvalue weighted by Crippen LogP contribution is -2.07. The molecule has 0 amide bonds. The molecule has 3 aromatic heterocycles. The maximum Gasteiger partial charge on any atom is 0.238 e. The maximum absolute atomic E-state index is 5.14. The molecule has 5 nitrogen and oxygen atoms in total. The number of nitrogens with zero attached hydrogens (tertiary/aromatic N) is 5. The van der Waals surface area contributed by atoms with Crippen LogP contribution in [0, 0.1) is 0 Å². The van der Waals surface area contributed by atoms with Crippen molar-refractivity contribution in [3.8, 4) is 28.7 Å². The number of benzene rings is 5. The monoisotopic (exact) mass is 529 g/mol. The predicted octanol–water partition coefficient (Wildman–Crippen LogP) is 8.82. The molecular formula is C36H27N5. The predicted molar refractivity (Wildman–Crippen MR) is 168 cm³/mol. The van der Waals surface area contributed by atoms with Crippen LogP contribution in [0.3, 0.4) is 0 Å². The average molecular weight is 530 g/mol. The Morgan fingerprint density at radius 3 is 1.61 bits per heavy atom. The van der Waals surface area contributed by atoms with Crippen LogP contribution < -0.4 is 0 Å². The first-order valence-corrected chi connectivity index (χ1v) is 14.1. The normalized spacial score (nSPS) is 11.7. The van der Waals surface area contributed by atoms with Crippen LogP contribution >= 0.6 is 0 Å². The van der Waals surface area contributed by atoms with Crippen molar-refractivity contribution in [2.45, 2.75) is 19.9 Å². The molecule has 0 aliphatic rings. The molecule has 8 aromatic rings. The molecule has 5 aromatic carbocycles. The van der Waals surface area contributed by atoms with E-state index in [0.717, 1.165) is 35.1 Å². The minimum Gasteiger partial charge on any atom is -0.339 e. The number of fused-ring (bicyclic) bond motifs is 7. The summed E-state index contributed by atoms with van der Waals surface area (Å²) in [6.45, 7) is 3.16. The lowest BCUT2D eigenvalue weighted by molar-refractivity contribution is 0.724. The standard InChI is InChI=1S/C36H27N5/c1-2-23-40-30-19-11-9-17-26(30)28-21-22-29-27-18-10-12-20-31(27)41(33(29)32(28)40)36-38-34(24-13-5-3-6-14-24)37-35(39-36)25-15-7-4-8-16-25/h3-22H,2,23H2,1H3. The van der Waals surface area contributed by atoms with Gasteiger partial charge in [0, 0.05) is 44.7 Å². The van der Waals surface area contributed by atoms with E-state index in [0.29, 0.717) is 17.6 Å². The van der Waals surface area contributed by atoms with Crippen LogP contribution in [-0.4, -0.2) is 24.1 Å². The quantitative estimate of drug-likeness (QED) is 0.224. The molecule has 8 rings (SSSR count). The molecule has 0 fully saturated rings. The van der Waals surface area contributed by atoms with Crippen molar-refractivity contribution in [1.82, 2.24) is 24.1 Å². The SMILES string of the molecule is CCCn1c2ccccc2c2ccc3c4ccccc4n(-c4nc(-c5ccccc5)nc(-c5ccccc5)n4)c3c21. The maximum atomic E-state index is 5.14. The zero-order valence-corrected chi connectivity index (χ0v) is 22.7. The Morgan fingerprint density at radius 1 is 0.488 bits per heavy atom. The van der Waals surface area contributed by atoms with Gasteiger partial charge in [0.25, 0.3) is 0 Å². The Morgan fingerprint density at radius 2 is 1.00 bits per heavy atom. The fourth-order valence-corrected chi connectivity index (χ4v) is 6.15. The smallest absolute Gasteiger partial charge is 0.238 e. The number of rotatable bonds is 5. The van der Waals surface area contributed by atoms with Crippen LogP contribution in [0.1, 0.15) is 13.3 Å². The lowest BCUT2D eigenvalue weighted by atomic mass is 10.1. The molecule has 0 aliphatic heterocycles. The fourth-order valence-electron chi connectivity index (χ4n) is 6.15. The van der Waals surface area contributed by atoms with E-state index in [9.17, 15) is 0 Å². The molecule has 0 spiro atoms. The Balaban J connectivity index is 1.55. The van der Waals surface area contributed by atoms with Crippen molar-refractivity contribution in [2.75, 3.05) is 0 Å². The molecule has 0 bridgehead atoms. The van der Waals surface area contributed by atoms with E-state index in [4.69, 9.17) is 15.0 Å².